The number of hydrogen-bond donors (Lipinski definition) is 2. The number of aromatic amines is 1. The molecule has 2 N–H and O–H groups in total. The highest BCUT2D eigenvalue weighted by Gasteiger charge is 2.23. The summed E-state index contributed by atoms with van der Waals surface area (Å²) in [5.74, 6) is -0.134. The number of carbonyl (C=O) groups excluding carboxylic acids is 1. The number of anilines is 1. The van der Waals surface area contributed by atoms with Crippen LogP contribution < -0.4 is 5.32 Å². The monoisotopic (exact) mass is 337 g/mol. The number of carbonyl (C=O) groups is 1. The molecule has 25 heavy (non-hydrogen) atoms. The lowest BCUT2D eigenvalue weighted by Gasteiger charge is -2.12. The molecule has 1 amide bonds. The van der Waals surface area contributed by atoms with Gasteiger partial charge in [0, 0.05) is 36.2 Å². The first-order valence-electron chi connectivity index (χ1n) is 8.73. The van der Waals surface area contributed by atoms with Crippen LogP contribution in [0.15, 0.2) is 30.5 Å². The van der Waals surface area contributed by atoms with Crippen LogP contribution in [0.1, 0.15) is 28.2 Å². The largest absolute Gasteiger partial charge is 0.346 e. The predicted octanol–water partition coefficient (Wildman–Crippen LogP) is 2.67. The van der Waals surface area contributed by atoms with E-state index in [1.165, 1.54) is 5.39 Å². The number of nitrogens with zero attached hydrogens (tertiary/aromatic N) is 3. The molecule has 0 saturated carbocycles. The van der Waals surface area contributed by atoms with Crippen LogP contribution in [0.2, 0.25) is 0 Å². The Labute approximate surface area is 146 Å². The van der Waals surface area contributed by atoms with Gasteiger partial charge in [-0.3, -0.25) is 9.89 Å². The number of nitrogens with one attached hydrogen (secondary N) is 2. The van der Waals surface area contributed by atoms with Gasteiger partial charge in [0.25, 0.3) is 5.91 Å². The summed E-state index contributed by atoms with van der Waals surface area (Å²) in [6.07, 6.45) is 5.11. The Morgan fingerprint density at radius 3 is 3.04 bits per heavy atom. The number of amides is 1. The van der Waals surface area contributed by atoms with E-state index in [4.69, 9.17) is 0 Å². The molecule has 0 unspecified atom stereocenters. The summed E-state index contributed by atoms with van der Waals surface area (Å²) >= 11 is 0. The molecule has 1 aromatic carbocycles. The number of H-pyrrole nitrogens is 1. The molecule has 0 atom stereocenters. The van der Waals surface area contributed by atoms with Gasteiger partial charge in [-0.25, -0.2) is 0 Å². The zero-order valence-corrected chi connectivity index (χ0v) is 14.7. The molecule has 6 heteroatoms. The summed E-state index contributed by atoms with van der Waals surface area (Å²) in [6.45, 7) is 1.89. The number of rotatable bonds is 5. The summed E-state index contributed by atoms with van der Waals surface area (Å²) in [4.78, 5) is 14.8. The van der Waals surface area contributed by atoms with E-state index in [2.05, 4.69) is 51.3 Å². The summed E-state index contributed by atoms with van der Waals surface area (Å²) in [7, 11) is 4.14. The topological polar surface area (TPSA) is 65.9 Å². The molecular weight excluding hydrogens is 314 g/mol. The van der Waals surface area contributed by atoms with Gasteiger partial charge in [-0.15, -0.1) is 0 Å². The van der Waals surface area contributed by atoms with E-state index in [0.29, 0.717) is 5.69 Å². The van der Waals surface area contributed by atoms with Gasteiger partial charge in [-0.2, -0.15) is 5.10 Å². The summed E-state index contributed by atoms with van der Waals surface area (Å²) in [5.41, 5.74) is 4.66. The number of likely N-dealkylation sites (N-methyl/N-ethyl adjacent to an activating group) is 1. The molecule has 6 nitrogen and oxygen atoms in total. The molecule has 1 aliphatic carbocycles. The maximum atomic E-state index is 12.6. The number of aromatic nitrogens is 3. The van der Waals surface area contributed by atoms with Crippen molar-refractivity contribution in [3.05, 3.63) is 47.4 Å². The maximum Gasteiger partial charge on any atom is 0.276 e. The van der Waals surface area contributed by atoms with Crippen molar-refractivity contribution in [2.75, 3.05) is 26.0 Å². The van der Waals surface area contributed by atoms with Crippen molar-refractivity contribution < 1.29 is 4.79 Å². The quantitative estimate of drug-likeness (QED) is 0.752. The van der Waals surface area contributed by atoms with E-state index < -0.39 is 0 Å². The zero-order chi connectivity index (χ0) is 17.4. The van der Waals surface area contributed by atoms with Crippen molar-refractivity contribution in [2.24, 2.45) is 0 Å². The highest BCUT2D eigenvalue weighted by atomic mass is 16.1. The van der Waals surface area contributed by atoms with Crippen molar-refractivity contribution in [2.45, 2.75) is 25.8 Å². The highest BCUT2D eigenvalue weighted by molar-refractivity contribution is 6.05. The minimum Gasteiger partial charge on any atom is -0.346 e. The Balaban J connectivity index is 1.56. The Morgan fingerprint density at radius 2 is 2.20 bits per heavy atom. The lowest BCUT2D eigenvalue weighted by Crippen LogP contribution is -2.18. The van der Waals surface area contributed by atoms with E-state index in [0.717, 1.165) is 54.8 Å². The second-order valence-corrected chi connectivity index (χ2v) is 6.92. The zero-order valence-electron chi connectivity index (χ0n) is 14.7. The van der Waals surface area contributed by atoms with Crippen molar-refractivity contribution in [1.29, 1.82) is 0 Å². The molecule has 0 radical (unpaired) electrons. The third-order valence-electron chi connectivity index (χ3n) is 4.84. The molecule has 2 aromatic heterocycles. The van der Waals surface area contributed by atoms with Gasteiger partial charge in [0.2, 0.25) is 0 Å². The van der Waals surface area contributed by atoms with Crippen LogP contribution >= 0.6 is 0 Å². The fourth-order valence-electron chi connectivity index (χ4n) is 3.46. The lowest BCUT2D eigenvalue weighted by molar-refractivity contribution is 0.102. The minimum atomic E-state index is -0.134. The molecule has 0 aliphatic heterocycles. The molecule has 0 saturated heterocycles. The Kier molecular flexibility index (Phi) is 4.05. The van der Waals surface area contributed by atoms with Crippen LogP contribution in [0, 0.1) is 0 Å². The van der Waals surface area contributed by atoms with Crippen molar-refractivity contribution in [1.82, 2.24) is 19.7 Å². The lowest BCUT2D eigenvalue weighted by atomic mass is 10.2. The number of hydrogen-bond acceptors (Lipinski definition) is 3. The summed E-state index contributed by atoms with van der Waals surface area (Å²) < 4.78 is 2.22. The molecule has 0 fully saturated rings. The van der Waals surface area contributed by atoms with Gasteiger partial charge in [-0.1, -0.05) is 6.07 Å². The van der Waals surface area contributed by atoms with Crippen molar-refractivity contribution >= 4 is 22.5 Å². The van der Waals surface area contributed by atoms with Gasteiger partial charge in [0.15, 0.2) is 5.69 Å². The Hall–Kier alpha value is -2.60. The Bertz CT molecular complexity index is 921. The van der Waals surface area contributed by atoms with Crippen LogP contribution in [0.5, 0.6) is 0 Å². The standard InChI is InChI=1S/C19H23N5O/c1-23(2)10-11-24-9-8-13-6-7-14(12-17(13)24)20-19(25)18-15-4-3-5-16(15)21-22-18/h6-9,12H,3-5,10-11H2,1-2H3,(H,20,25)(H,21,22). The van der Waals surface area contributed by atoms with E-state index in [-0.39, 0.29) is 5.91 Å². The van der Waals surface area contributed by atoms with E-state index in [1.54, 1.807) is 0 Å². The SMILES string of the molecule is CN(C)CCn1ccc2ccc(NC(=O)c3n[nH]c4c3CCC4)cc21. The fourth-order valence-corrected chi connectivity index (χ4v) is 3.46. The van der Waals surface area contributed by atoms with Gasteiger partial charge in [0.05, 0.1) is 5.52 Å². The molecule has 0 spiro atoms. The molecule has 0 bridgehead atoms. The molecule has 1 aliphatic rings. The molecule has 2 heterocycles. The van der Waals surface area contributed by atoms with Crippen LogP contribution in [0.4, 0.5) is 5.69 Å². The van der Waals surface area contributed by atoms with Gasteiger partial charge < -0.3 is 14.8 Å². The van der Waals surface area contributed by atoms with E-state index >= 15 is 0 Å². The smallest absolute Gasteiger partial charge is 0.276 e. The normalized spacial score (nSPS) is 13.6. The fraction of sp³-hybridized carbons (Fsp3) is 0.368. The molecule has 4 rings (SSSR count). The maximum absolute atomic E-state index is 12.6. The van der Waals surface area contributed by atoms with Crippen molar-refractivity contribution in [3.8, 4) is 0 Å². The van der Waals surface area contributed by atoms with Crippen LogP contribution in [-0.4, -0.2) is 46.2 Å². The first-order chi connectivity index (χ1) is 12.1. The molecule has 3 aromatic rings. The van der Waals surface area contributed by atoms with Crippen LogP contribution in [0.3, 0.4) is 0 Å². The average molecular weight is 337 g/mol. The third-order valence-corrected chi connectivity index (χ3v) is 4.84. The van der Waals surface area contributed by atoms with Crippen LogP contribution in [0.25, 0.3) is 10.9 Å². The first kappa shape index (κ1) is 15.9. The minimum absolute atomic E-state index is 0.134. The number of fused-ring (bicyclic) bond motifs is 2. The molecular formula is C19H23N5O. The van der Waals surface area contributed by atoms with Crippen molar-refractivity contribution in [3.63, 3.8) is 0 Å². The predicted molar refractivity (Wildman–Crippen MR) is 99.1 cm³/mol. The highest BCUT2D eigenvalue weighted by Crippen LogP contribution is 2.25. The average Bonchev–Trinajstić information content (AvgIpc) is 3.27. The second-order valence-electron chi connectivity index (χ2n) is 6.92. The van der Waals surface area contributed by atoms with Gasteiger partial charge in [-0.05, 0) is 56.9 Å². The number of benzene rings is 1. The second kappa shape index (κ2) is 6.37. The summed E-state index contributed by atoms with van der Waals surface area (Å²) in [6, 6.07) is 8.14. The van der Waals surface area contributed by atoms with E-state index in [1.807, 2.05) is 18.2 Å². The van der Waals surface area contributed by atoms with E-state index in [9.17, 15) is 4.79 Å². The molecule has 130 valence electrons. The first-order valence-corrected chi connectivity index (χ1v) is 8.73. The van der Waals surface area contributed by atoms with Crippen LogP contribution in [-0.2, 0) is 19.4 Å². The summed E-state index contributed by atoms with van der Waals surface area (Å²) in [5, 5.41) is 11.4. The third kappa shape index (κ3) is 3.05. The van der Waals surface area contributed by atoms with Gasteiger partial charge >= 0.3 is 0 Å². The Morgan fingerprint density at radius 1 is 1.32 bits per heavy atom. The number of aryl methyl sites for hydroxylation is 1. The van der Waals surface area contributed by atoms with Gasteiger partial charge in [0.1, 0.15) is 0 Å².